The van der Waals surface area contributed by atoms with Gasteiger partial charge in [-0.2, -0.15) is 0 Å². The zero-order chi connectivity index (χ0) is 13.5. The van der Waals surface area contributed by atoms with Crippen LogP contribution < -0.4 is 10.2 Å². The Labute approximate surface area is 109 Å². The van der Waals surface area contributed by atoms with E-state index in [1.807, 2.05) is 7.05 Å². The van der Waals surface area contributed by atoms with Crippen molar-refractivity contribution < 1.29 is 5.11 Å². The molecule has 2 N–H and O–H groups in total. The van der Waals surface area contributed by atoms with Crippen LogP contribution in [0, 0.1) is 0 Å². The van der Waals surface area contributed by atoms with Crippen molar-refractivity contribution in [2.24, 2.45) is 0 Å². The average molecular weight is 252 g/mol. The van der Waals surface area contributed by atoms with Gasteiger partial charge in [-0.05, 0) is 26.7 Å². The summed E-state index contributed by atoms with van der Waals surface area (Å²) in [7, 11) is 1.87. The molecule has 0 aliphatic heterocycles. The Morgan fingerprint density at radius 3 is 2.61 bits per heavy atom. The van der Waals surface area contributed by atoms with Gasteiger partial charge in [0.25, 0.3) is 0 Å². The first-order valence-corrected chi connectivity index (χ1v) is 6.54. The summed E-state index contributed by atoms with van der Waals surface area (Å²) in [5.41, 5.74) is 1.13. The first-order valence-electron chi connectivity index (χ1n) is 6.54. The number of aliphatic hydroxyl groups is 1. The number of rotatable bonds is 7. The molecule has 0 atom stereocenters. The molecule has 1 heterocycles. The van der Waals surface area contributed by atoms with Crippen LogP contribution in [0.4, 0.5) is 11.6 Å². The minimum absolute atomic E-state index is 0.203. The normalized spacial score (nSPS) is 10.8. The molecule has 0 unspecified atom stereocenters. The van der Waals surface area contributed by atoms with Gasteiger partial charge >= 0.3 is 0 Å². The van der Waals surface area contributed by atoms with Crippen LogP contribution in [0.3, 0.4) is 0 Å². The highest BCUT2D eigenvalue weighted by Gasteiger charge is 2.17. The van der Waals surface area contributed by atoms with Crippen LogP contribution in [0.2, 0.25) is 0 Å². The van der Waals surface area contributed by atoms with Crippen LogP contribution in [-0.2, 0) is 6.42 Å². The van der Waals surface area contributed by atoms with Crippen molar-refractivity contribution in [3.05, 3.63) is 11.9 Å². The van der Waals surface area contributed by atoms with Crippen molar-refractivity contribution >= 4 is 11.6 Å². The highest BCUT2D eigenvalue weighted by molar-refractivity contribution is 5.58. The predicted molar refractivity (Wildman–Crippen MR) is 75.1 cm³/mol. The van der Waals surface area contributed by atoms with Crippen molar-refractivity contribution in [2.45, 2.75) is 39.7 Å². The van der Waals surface area contributed by atoms with Gasteiger partial charge in [0.05, 0.1) is 0 Å². The van der Waals surface area contributed by atoms with Crippen LogP contribution in [0.25, 0.3) is 0 Å². The Hall–Kier alpha value is -1.36. The van der Waals surface area contributed by atoms with Gasteiger partial charge in [0.1, 0.15) is 18.0 Å². The van der Waals surface area contributed by atoms with Gasteiger partial charge in [0.2, 0.25) is 0 Å². The van der Waals surface area contributed by atoms with Crippen LogP contribution in [0.1, 0.15) is 32.8 Å². The second-order valence-electron chi connectivity index (χ2n) is 4.49. The van der Waals surface area contributed by atoms with Crippen LogP contribution in [0.15, 0.2) is 6.33 Å². The number of aliphatic hydroxyl groups excluding tert-OH is 1. The minimum atomic E-state index is 0.203. The van der Waals surface area contributed by atoms with Crippen molar-refractivity contribution in [1.29, 1.82) is 0 Å². The van der Waals surface area contributed by atoms with Crippen LogP contribution in [0.5, 0.6) is 0 Å². The molecule has 0 saturated carbocycles. The topological polar surface area (TPSA) is 61.3 Å². The third kappa shape index (κ3) is 3.32. The molecule has 1 aromatic heterocycles. The SMILES string of the molecule is CCc1c(NC)ncnc1N(CCCO)C(C)C. The molecule has 0 spiro atoms. The van der Waals surface area contributed by atoms with Gasteiger partial charge in [0.15, 0.2) is 0 Å². The lowest BCUT2D eigenvalue weighted by atomic mass is 10.1. The van der Waals surface area contributed by atoms with Crippen LogP contribution >= 0.6 is 0 Å². The first kappa shape index (κ1) is 14.7. The lowest BCUT2D eigenvalue weighted by Gasteiger charge is -2.29. The largest absolute Gasteiger partial charge is 0.396 e. The lowest BCUT2D eigenvalue weighted by molar-refractivity contribution is 0.288. The van der Waals surface area contributed by atoms with Gasteiger partial charge in [-0.1, -0.05) is 6.92 Å². The smallest absolute Gasteiger partial charge is 0.137 e. The summed E-state index contributed by atoms with van der Waals surface area (Å²) in [6.07, 6.45) is 3.23. The molecule has 5 nitrogen and oxygen atoms in total. The summed E-state index contributed by atoms with van der Waals surface area (Å²) in [5, 5.41) is 12.1. The number of nitrogens with one attached hydrogen (secondary N) is 1. The average Bonchev–Trinajstić information content (AvgIpc) is 2.38. The Kier molecular flexibility index (Phi) is 5.85. The van der Waals surface area contributed by atoms with Crippen molar-refractivity contribution in [2.75, 3.05) is 30.4 Å². The second kappa shape index (κ2) is 7.16. The molecular weight excluding hydrogens is 228 g/mol. The third-order valence-corrected chi connectivity index (χ3v) is 2.97. The van der Waals surface area contributed by atoms with Crippen molar-refractivity contribution in [3.63, 3.8) is 0 Å². The summed E-state index contributed by atoms with van der Waals surface area (Å²) in [6, 6.07) is 0.349. The summed E-state index contributed by atoms with van der Waals surface area (Å²) in [4.78, 5) is 10.9. The van der Waals surface area contributed by atoms with E-state index < -0.39 is 0 Å². The Balaban J connectivity index is 3.10. The third-order valence-electron chi connectivity index (χ3n) is 2.97. The van der Waals surface area contributed by atoms with E-state index in [9.17, 15) is 0 Å². The molecule has 1 rings (SSSR count). The zero-order valence-electron chi connectivity index (χ0n) is 11.8. The molecule has 0 radical (unpaired) electrons. The van der Waals surface area contributed by atoms with Crippen molar-refractivity contribution in [1.82, 2.24) is 9.97 Å². The molecule has 0 aliphatic carbocycles. The highest BCUT2D eigenvalue weighted by atomic mass is 16.3. The van der Waals surface area contributed by atoms with E-state index in [0.29, 0.717) is 6.04 Å². The molecule has 5 heteroatoms. The molecular formula is C13H24N4O. The van der Waals surface area contributed by atoms with E-state index in [1.54, 1.807) is 6.33 Å². The molecule has 0 saturated heterocycles. The fraction of sp³-hybridized carbons (Fsp3) is 0.692. The van der Waals surface area contributed by atoms with Gasteiger partial charge in [-0.15, -0.1) is 0 Å². The van der Waals surface area contributed by atoms with E-state index in [0.717, 1.165) is 36.6 Å². The van der Waals surface area contributed by atoms with Gasteiger partial charge in [0, 0.05) is 31.8 Å². The Morgan fingerprint density at radius 1 is 1.39 bits per heavy atom. The summed E-state index contributed by atoms with van der Waals surface area (Å²) in [5.74, 6) is 1.86. The molecule has 0 aromatic carbocycles. The maximum atomic E-state index is 9.00. The Morgan fingerprint density at radius 2 is 2.11 bits per heavy atom. The molecule has 0 bridgehead atoms. The van der Waals surface area contributed by atoms with E-state index in [4.69, 9.17) is 5.11 Å². The molecule has 18 heavy (non-hydrogen) atoms. The number of anilines is 2. The van der Waals surface area contributed by atoms with Gasteiger partial charge in [-0.25, -0.2) is 9.97 Å². The maximum absolute atomic E-state index is 9.00. The van der Waals surface area contributed by atoms with Gasteiger partial charge in [-0.3, -0.25) is 0 Å². The number of hydrogen-bond acceptors (Lipinski definition) is 5. The van der Waals surface area contributed by atoms with Gasteiger partial charge < -0.3 is 15.3 Å². The minimum Gasteiger partial charge on any atom is -0.396 e. The quantitative estimate of drug-likeness (QED) is 0.773. The summed E-state index contributed by atoms with van der Waals surface area (Å²) >= 11 is 0. The highest BCUT2D eigenvalue weighted by Crippen LogP contribution is 2.25. The molecule has 0 aliphatic rings. The second-order valence-corrected chi connectivity index (χ2v) is 4.49. The predicted octanol–water partition coefficient (Wildman–Crippen LogP) is 1.68. The summed E-state index contributed by atoms with van der Waals surface area (Å²) in [6.45, 7) is 7.39. The molecule has 102 valence electrons. The fourth-order valence-corrected chi connectivity index (χ4v) is 2.04. The number of hydrogen-bond donors (Lipinski definition) is 2. The number of aromatic nitrogens is 2. The van der Waals surface area contributed by atoms with E-state index in [2.05, 4.69) is 41.0 Å². The molecule has 1 aromatic rings. The monoisotopic (exact) mass is 252 g/mol. The lowest BCUT2D eigenvalue weighted by Crippen LogP contribution is -2.34. The maximum Gasteiger partial charge on any atom is 0.137 e. The first-order chi connectivity index (χ1) is 8.65. The fourth-order valence-electron chi connectivity index (χ4n) is 2.04. The standard InChI is InChI=1S/C13H24N4O/c1-5-11-12(14-4)15-9-16-13(11)17(10(2)3)7-6-8-18/h9-10,18H,5-8H2,1-4H3,(H,14,15,16). The van der Waals surface area contributed by atoms with E-state index in [-0.39, 0.29) is 6.61 Å². The zero-order valence-corrected chi connectivity index (χ0v) is 11.8. The van der Waals surface area contributed by atoms with E-state index in [1.165, 1.54) is 0 Å². The van der Waals surface area contributed by atoms with Crippen LogP contribution in [-0.4, -0.2) is 41.3 Å². The van der Waals surface area contributed by atoms with E-state index >= 15 is 0 Å². The van der Waals surface area contributed by atoms with Crippen molar-refractivity contribution in [3.8, 4) is 0 Å². The Bertz CT molecular complexity index is 368. The number of nitrogens with zero attached hydrogens (tertiary/aromatic N) is 3. The summed E-state index contributed by atoms with van der Waals surface area (Å²) < 4.78 is 0. The molecule has 0 amide bonds. The molecule has 0 fully saturated rings.